The lowest BCUT2D eigenvalue weighted by Crippen LogP contribution is -2.30. The van der Waals surface area contributed by atoms with Gasteiger partial charge < -0.3 is 20.9 Å². The Morgan fingerprint density at radius 1 is 0.841 bits per heavy atom. The van der Waals surface area contributed by atoms with Crippen molar-refractivity contribution in [3.63, 3.8) is 0 Å². The average molecular weight is 603 g/mol. The molecule has 4 N–H and O–H groups in total. The first-order valence-corrected chi connectivity index (χ1v) is 15.3. The van der Waals surface area contributed by atoms with Crippen molar-refractivity contribution in [2.45, 2.75) is 37.3 Å². The number of thioether (sulfide) groups is 1. The van der Waals surface area contributed by atoms with Crippen LogP contribution < -0.4 is 16.0 Å². The van der Waals surface area contributed by atoms with Gasteiger partial charge in [-0.15, -0.1) is 11.8 Å². The summed E-state index contributed by atoms with van der Waals surface area (Å²) in [5, 5.41) is 9.42. The number of hydrogen-bond donors (Lipinski definition) is 4. The number of anilines is 2. The van der Waals surface area contributed by atoms with Crippen LogP contribution in [0.1, 0.15) is 40.4 Å². The summed E-state index contributed by atoms with van der Waals surface area (Å²) in [7, 11) is 0. The molecule has 0 fully saturated rings. The summed E-state index contributed by atoms with van der Waals surface area (Å²) in [5.74, 6) is -0.935. The van der Waals surface area contributed by atoms with E-state index >= 15 is 0 Å². The van der Waals surface area contributed by atoms with Crippen molar-refractivity contribution < 1.29 is 14.4 Å². The van der Waals surface area contributed by atoms with Gasteiger partial charge in [0.2, 0.25) is 5.91 Å². The van der Waals surface area contributed by atoms with Crippen LogP contribution in [0.15, 0.2) is 114 Å². The van der Waals surface area contributed by atoms with Crippen molar-refractivity contribution in [2.24, 2.45) is 0 Å². The second-order valence-electron chi connectivity index (χ2n) is 10.4. The topological polar surface area (TPSA) is 103 Å². The molecule has 1 atom stereocenters. The van der Waals surface area contributed by atoms with E-state index in [1.807, 2.05) is 87.5 Å². The quantitative estimate of drug-likeness (QED) is 0.0971. The summed E-state index contributed by atoms with van der Waals surface area (Å²) >= 11 is 1.44. The molecule has 222 valence electrons. The molecule has 0 radical (unpaired) electrons. The Balaban J connectivity index is 1.35. The number of para-hydroxylation sites is 2. The van der Waals surface area contributed by atoms with Gasteiger partial charge in [-0.3, -0.25) is 14.4 Å². The Kier molecular flexibility index (Phi) is 9.62. The highest BCUT2D eigenvalue weighted by atomic mass is 32.2. The molecule has 7 nitrogen and oxygen atoms in total. The zero-order chi connectivity index (χ0) is 31.1. The molecule has 44 heavy (non-hydrogen) atoms. The predicted molar refractivity (Wildman–Crippen MR) is 180 cm³/mol. The number of aryl methyl sites for hydroxylation is 2. The van der Waals surface area contributed by atoms with E-state index in [-0.39, 0.29) is 16.9 Å². The molecule has 1 aromatic heterocycles. The first-order valence-electron chi connectivity index (χ1n) is 14.4. The summed E-state index contributed by atoms with van der Waals surface area (Å²) < 4.78 is 0. The monoisotopic (exact) mass is 602 g/mol. The van der Waals surface area contributed by atoms with Gasteiger partial charge >= 0.3 is 0 Å². The molecule has 0 saturated heterocycles. The highest BCUT2D eigenvalue weighted by molar-refractivity contribution is 8.00. The first kappa shape index (κ1) is 30.4. The third-order valence-electron chi connectivity index (χ3n) is 7.21. The third-order valence-corrected chi connectivity index (χ3v) is 8.57. The largest absolute Gasteiger partial charge is 0.361 e. The fraction of sp³-hybridized carbons (Fsp3) is 0.139. The van der Waals surface area contributed by atoms with E-state index in [9.17, 15) is 14.4 Å². The van der Waals surface area contributed by atoms with Gasteiger partial charge in [0.05, 0.1) is 5.25 Å². The van der Waals surface area contributed by atoms with Crippen LogP contribution in [0.25, 0.3) is 17.0 Å². The van der Waals surface area contributed by atoms with E-state index in [1.165, 1.54) is 11.8 Å². The molecule has 0 aliphatic heterocycles. The van der Waals surface area contributed by atoms with Gasteiger partial charge in [-0.05, 0) is 73.9 Å². The predicted octanol–water partition coefficient (Wildman–Crippen LogP) is 7.70. The number of hydrogen-bond acceptors (Lipinski definition) is 4. The summed E-state index contributed by atoms with van der Waals surface area (Å²) in [5.41, 5.74) is 5.63. The van der Waals surface area contributed by atoms with Gasteiger partial charge in [0.15, 0.2) is 0 Å². The number of amides is 3. The molecule has 0 aliphatic rings. The van der Waals surface area contributed by atoms with E-state index in [0.29, 0.717) is 17.7 Å². The van der Waals surface area contributed by atoms with Crippen LogP contribution in [0.4, 0.5) is 11.4 Å². The Morgan fingerprint density at radius 3 is 2.30 bits per heavy atom. The van der Waals surface area contributed by atoms with E-state index in [1.54, 1.807) is 42.6 Å². The molecule has 4 aromatic carbocycles. The Hall–Kier alpha value is -5.08. The molecule has 5 rings (SSSR count). The lowest BCUT2D eigenvalue weighted by atomic mass is 10.1. The number of benzene rings is 4. The Bertz CT molecular complexity index is 1820. The maximum atomic E-state index is 13.6. The van der Waals surface area contributed by atoms with Crippen LogP contribution in [0.5, 0.6) is 0 Å². The van der Waals surface area contributed by atoms with E-state index < -0.39 is 11.8 Å². The van der Waals surface area contributed by atoms with Crippen molar-refractivity contribution >= 4 is 57.8 Å². The standard InChI is InChI=1S/C36H34N4O3S/c1-4-32(36(43)40-33-23(2)12-10-13-24(33)3)44-28-17-11-16-27(21-28)38-35(42)31(39-34(41)25-14-6-5-7-15-25)20-26-22-37-30-19-9-8-18-29(26)30/h5-22,32,37H,4H2,1-3H3,(H,38,42)(H,39,41)(H,40,43)/b31-20-. The molecule has 0 saturated carbocycles. The van der Waals surface area contributed by atoms with Gasteiger partial charge in [0, 0.05) is 44.5 Å². The zero-order valence-electron chi connectivity index (χ0n) is 24.8. The molecule has 5 aromatic rings. The molecule has 3 amide bonds. The van der Waals surface area contributed by atoms with E-state index in [0.717, 1.165) is 38.2 Å². The van der Waals surface area contributed by atoms with Crippen LogP contribution in [0.2, 0.25) is 0 Å². The second-order valence-corrected chi connectivity index (χ2v) is 11.7. The van der Waals surface area contributed by atoms with Crippen molar-refractivity contribution in [3.8, 4) is 0 Å². The number of fused-ring (bicyclic) bond motifs is 1. The highest BCUT2D eigenvalue weighted by Crippen LogP contribution is 2.30. The van der Waals surface area contributed by atoms with Crippen LogP contribution in [-0.4, -0.2) is 28.0 Å². The zero-order valence-corrected chi connectivity index (χ0v) is 25.6. The molecule has 0 spiro atoms. The number of aromatic nitrogens is 1. The summed E-state index contributed by atoms with van der Waals surface area (Å²) in [6.45, 7) is 5.93. The highest BCUT2D eigenvalue weighted by Gasteiger charge is 2.20. The number of carbonyl (C=O) groups excluding carboxylic acids is 3. The van der Waals surface area contributed by atoms with E-state index in [2.05, 4.69) is 20.9 Å². The molecule has 0 bridgehead atoms. The van der Waals surface area contributed by atoms with Crippen molar-refractivity contribution in [2.75, 3.05) is 10.6 Å². The first-order chi connectivity index (χ1) is 21.3. The normalized spacial score (nSPS) is 12.0. The molecular formula is C36H34N4O3S. The second kappa shape index (κ2) is 13.9. The molecule has 8 heteroatoms. The van der Waals surface area contributed by atoms with Gasteiger partial charge in [0.1, 0.15) is 5.70 Å². The van der Waals surface area contributed by atoms with E-state index in [4.69, 9.17) is 0 Å². The fourth-order valence-corrected chi connectivity index (χ4v) is 5.87. The average Bonchev–Trinajstić information content (AvgIpc) is 3.44. The minimum atomic E-state index is -0.471. The smallest absolute Gasteiger partial charge is 0.272 e. The molecule has 1 unspecified atom stereocenters. The summed E-state index contributed by atoms with van der Waals surface area (Å²) in [6, 6.07) is 29.8. The van der Waals surface area contributed by atoms with Crippen molar-refractivity contribution in [1.82, 2.24) is 10.3 Å². The van der Waals surface area contributed by atoms with Crippen molar-refractivity contribution in [1.29, 1.82) is 0 Å². The minimum absolute atomic E-state index is 0.0723. The number of aromatic amines is 1. The van der Waals surface area contributed by atoms with Crippen molar-refractivity contribution in [3.05, 3.63) is 131 Å². The number of H-pyrrole nitrogens is 1. The maximum absolute atomic E-state index is 13.6. The Labute approximate surface area is 261 Å². The number of carbonyl (C=O) groups is 3. The lowest BCUT2D eigenvalue weighted by molar-refractivity contribution is -0.116. The SMILES string of the molecule is CCC(Sc1cccc(NC(=O)/C(=C/c2c[nH]c3ccccc23)NC(=O)c2ccccc2)c1)C(=O)Nc1c(C)cccc1C. The Morgan fingerprint density at radius 2 is 1.55 bits per heavy atom. The van der Waals surface area contributed by atoms with Crippen LogP contribution in [0, 0.1) is 13.8 Å². The summed E-state index contributed by atoms with van der Waals surface area (Å²) in [6.07, 6.45) is 4.10. The van der Waals surface area contributed by atoms with Gasteiger partial charge in [-0.1, -0.05) is 67.6 Å². The minimum Gasteiger partial charge on any atom is -0.361 e. The van der Waals surface area contributed by atoms with Gasteiger partial charge in [-0.25, -0.2) is 0 Å². The summed E-state index contributed by atoms with van der Waals surface area (Å²) in [4.78, 5) is 44.0. The van der Waals surface area contributed by atoms with Gasteiger partial charge in [0.25, 0.3) is 11.8 Å². The molecule has 1 heterocycles. The third kappa shape index (κ3) is 7.27. The fourth-order valence-electron chi connectivity index (χ4n) is 4.86. The number of rotatable bonds is 10. The molecule has 0 aliphatic carbocycles. The van der Waals surface area contributed by atoms with Crippen LogP contribution in [-0.2, 0) is 9.59 Å². The lowest BCUT2D eigenvalue weighted by Gasteiger charge is -2.18. The van der Waals surface area contributed by atoms with Crippen LogP contribution >= 0.6 is 11.8 Å². The maximum Gasteiger partial charge on any atom is 0.272 e. The molecular weight excluding hydrogens is 568 g/mol. The number of nitrogens with one attached hydrogen (secondary N) is 4. The van der Waals surface area contributed by atoms with Crippen LogP contribution in [0.3, 0.4) is 0 Å². The van der Waals surface area contributed by atoms with Gasteiger partial charge in [-0.2, -0.15) is 0 Å².